The minimum atomic E-state index is -0.785. The quantitative estimate of drug-likeness (QED) is 0.253. The van der Waals surface area contributed by atoms with Gasteiger partial charge in [0.1, 0.15) is 5.82 Å². The average molecular weight is 473 g/mol. The van der Waals surface area contributed by atoms with Crippen LogP contribution in [-0.4, -0.2) is 20.6 Å². The maximum Gasteiger partial charge on any atom is 0.303 e. The zero-order chi connectivity index (χ0) is 24.9. The predicted molar refractivity (Wildman–Crippen MR) is 146 cm³/mol. The first kappa shape index (κ1) is 23.3. The van der Waals surface area contributed by atoms with Crippen LogP contribution in [0.2, 0.25) is 0 Å². The van der Waals surface area contributed by atoms with Crippen molar-refractivity contribution in [3.05, 3.63) is 115 Å². The Hall–Kier alpha value is -4.44. The molecule has 4 aromatic carbocycles. The first-order chi connectivity index (χ1) is 17.7. The van der Waals surface area contributed by atoms with E-state index in [1.165, 1.54) is 0 Å². The molecule has 0 atom stereocenters. The van der Waals surface area contributed by atoms with Gasteiger partial charge in [-0.2, -0.15) is 0 Å². The number of nitrogens with zero attached hydrogens (tertiary/aromatic N) is 2. The normalized spacial score (nSPS) is 10.9. The highest BCUT2D eigenvalue weighted by Gasteiger charge is 2.22. The molecule has 0 unspecified atom stereocenters. The van der Waals surface area contributed by atoms with Gasteiger partial charge in [0, 0.05) is 29.7 Å². The summed E-state index contributed by atoms with van der Waals surface area (Å²) < 4.78 is 2.30. The topological polar surface area (TPSA) is 55.1 Å². The minimum absolute atomic E-state index is 0.117. The molecule has 4 nitrogen and oxygen atoms in total. The van der Waals surface area contributed by atoms with Gasteiger partial charge in [0.25, 0.3) is 0 Å². The Morgan fingerprint density at radius 3 is 2.03 bits per heavy atom. The zero-order valence-electron chi connectivity index (χ0n) is 20.3. The van der Waals surface area contributed by atoms with Crippen molar-refractivity contribution in [3.63, 3.8) is 0 Å². The van der Waals surface area contributed by atoms with Gasteiger partial charge >= 0.3 is 5.97 Å². The van der Waals surface area contributed by atoms with E-state index in [4.69, 9.17) is 10.1 Å². The molecule has 0 spiro atoms. The summed E-state index contributed by atoms with van der Waals surface area (Å²) in [5.74, 6) is 0.134. The Balaban J connectivity index is 1.70. The van der Waals surface area contributed by atoms with Gasteiger partial charge in [-0.05, 0) is 30.0 Å². The van der Waals surface area contributed by atoms with E-state index in [2.05, 4.69) is 72.2 Å². The molecule has 0 aliphatic rings. The van der Waals surface area contributed by atoms with E-state index < -0.39 is 5.97 Å². The molecule has 0 radical (unpaired) electrons. The summed E-state index contributed by atoms with van der Waals surface area (Å²) >= 11 is 0. The number of carboxylic acid groups (broad SMARTS) is 1. The van der Waals surface area contributed by atoms with Gasteiger partial charge in [-0.25, -0.2) is 4.98 Å². The third-order valence-corrected chi connectivity index (χ3v) is 6.41. The number of carbonyl (C=O) groups is 1. The highest BCUT2D eigenvalue weighted by Crippen LogP contribution is 2.39. The second-order valence-corrected chi connectivity index (χ2v) is 8.75. The summed E-state index contributed by atoms with van der Waals surface area (Å²) in [7, 11) is 0. The lowest BCUT2D eigenvalue weighted by Crippen LogP contribution is -2.01. The largest absolute Gasteiger partial charge is 0.481 e. The molecular formula is C32H28N2O2. The maximum atomic E-state index is 11.1. The minimum Gasteiger partial charge on any atom is -0.481 e. The number of rotatable bonds is 8. The summed E-state index contributed by atoms with van der Waals surface area (Å²) in [5, 5.41) is 9.12. The van der Waals surface area contributed by atoms with E-state index in [-0.39, 0.29) is 6.42 Å². The Kier molecular flexibility index (Phi) is 6.76. The van der Waals surface area contributed by atoms with E-state index in [0.29, 0.717) is 6.42 Å². The van der Waals surface area contributed by atoms with Crippen LogP contribution in [-0.2, 0) is 17.8 Å². The molecule has 0 aliphatic heterocycles. The van der Waals surface area contributed by atoms with E-state index in [0.717, 1.165) is 57.1 Å². The van der Waals surface area contributed by atoms with Crippen LogP contribution >= 0.6 is 0 Å². The van der Waals surface area contributed by atoms with Crippen LogP contribution in [0.1, 0.15) is 18.9 Å². The molecule has 0 saturated carbocycles. The van der Waals surface area contributed by atoms with Gasteiger partial charge < -0.3 is 9.67 Å². The summed E-state index contributed by atoms with van der Waals surface area (Å²) in [6.45, 7) is 2.92. The molecule has 4 heteroatoms. The van der Waals surface area contributed by atoms with E-state index in [1.54, 1.807) is 0 Å². The monoisotopic (exact) mass is 472 g/mol. The van der Waals surface area contributed by atoms with Crippen LogP contribution < -0.4 is 0 Å². The van der Waals surface area contributed by atoms with Gasteiger partial charge in [0.15, 0.2) is 0 Å². The molecule has 36 heavy (non-hydrogen) atoms. The number of carboxylic acids is 1. The third-order valence-electron chi connectivity index (χ3n) is 6.41. The smallest absolute Gasteiger partial charge is 0.303 e. The first-order valence-corrected chi connectivity index (χ1v) is 12.3. The zero-order valence-corrected chi connectivity index (χ0v) is 20.3. The van der Waals surface area contributed by atoms with Crippen molar-refractivity contribution in [2.24, 2.45) is 0 Å². The van der Waals surface area contributed by atoms with Crippen LogP contribution in [0.3, 0.4) is 0 Å². The second kappa shape index (κ2) is 10.4. The number of benzene rings is 4. The third kappa shape index (κ3) is 4.71. The first-order valence-electron chi connectivity index (χ1n) is 12.3. The Morgan fingerprint density at radius 2 is 1.36 bits per heavy atom. The van der Waals surface area contributed by atoms with Crippen LogP contribution in [0.15, 0.2) is 109 Å². The number of aryl methyl sites for hydroxylation is 1. The Bertz CT molecular complexity index is 1490. The summed E-state index contributed by atoms with van der Waals surface area (Å²) in [6.07, 6.45) is 0.622. The highest BCUT2D eigenvalue weighted by molar-refractivity contribution is 5.87. The molecule has 5 aromatic rings. The number of aromatic nitrogens is 2. The van der Waals surface area contributed by atoms with Crippen molar-refractivity contribution < 1.29 is 9.90 Å². The molecule has 0 saturated heterocycles. The lowest BCUT2D eigenvalue weighted by molar-refractivity contribution is -0.136. The molecule has 178 valence electrons. The van der Waals surface area contributed by atoms with Gasteiger partial charge in [-0.15, -0.1) is 0 Å². The molecule has 1 N–H and O–H groups in total. The highest BCUT2D eigenvalue weighted by atomic mass is 16.4. The molecule has 1 heterocycles. The van der Waals surface area contributed by atoms with E-state index >= 15 is 0 Å². The van der Waals surface area contributed by atoms with Crippen molar-refractivity contribution in [3.8, 4) is 45.0 Å². The molecule has 1 aromatic heterocycles. The molecule has 0 aliphatic carbocycles. The number of hydrogen-bond donors (Lipinski definition) is 1. The molecule has 0 fully saturated rings. The second-order valence-electron chi connectivity index (χ2n) is 8.75. The van der Waals surface area contributed by atoms with Gasteiger partial charge in [0.05, 0.1) is 11.4 Å². The summed E-state index contributed by atoms with van der Waals surface area (Å²) in [5.41, 5.74) is 8.47. The number of imidazole rings is 1. The van der Waals surface area contributed by atoms with Crippen molar-refractivity contribution in [2.75, 3.05) is 0 Å². The fourth-order valence-corrected chi connectivity index (χ4v) is 4.73. The van der Waals surface area contributed by atoms with E-state index in [1.807, 2.05) is 48.5 Å². The molecule has 5 rings (SSSR count). The van der Waals surface area contributed by atoms with Crippen LogP contribution in [0.25, 0.3) is 45.0 Å². The van der Waals surface area contributed by atoms with Crippen molar-refractivity contribution in [1.82, 2.24) is 9.55 Å². The van der Waals surface area contributed by atoms with Crippen molar-refractivity contribution in [2.45, 2.75) is 26.3 Å². The van der Waals surface area contributed by atoms with Gasteiger partial charge in [0.2, 0.25) is 0 Å². The van der Waals surface area contributed by atoms with E-state index in [9.17, 15) is 4.79 Å². The SMILES string of the molecule is CCn1c(-c2ccccc2-c2cccc(CCC(=O)O)c2)nc(-c2ccccc2)c1-c1ccccc1. The molecular weight excluding hydrogens is 444 g/mol. The summed E-state index contributed by atoms with van der Waals surface area (Å²) in [4.78, 5) is 16.3. The fraction of sp³-hybridized carbons (Fsp3) is 0.125. The van der Waals surface area contributed by atoms with Gasteiger partial charge in [-0.1, -0.05) is 109 Å². The van der Waals surface area contributed by atoms with Crippen LogP contribution in [0.4, 0.5) is 0 Å². The average Bonchev–Trinajstić information content (AvgIpc) is 3.32. The van der Waals surface area contributed by atoms with Crippen molar-refractivity contribution >= 4 is 5.97 Å². The Morgan fingerprint density at radius 1 is 0.750 bits per heavy atom. The maximum absolute atomic E-state index is 11.1. The standard InChI is InChI=1S/C32H28N2O2/c1-2-34-31(25-15-7-4-8-16-25)30(24-13-5-3-6-14-24)33-32(34)28-19-10-9-18-27(28)26-17-11-12-23(22-26)20-21-29(35)36/h3-19,22H,2,20-21H2,1H3,(H,35,36). The molecule has 0 bridgehead atoms. The Labute approximate surface area is 211 Å². The van der Waals surface area contributed by atoms with Gasteiger partial charge in [-0.3, -0.25) is 4.79 Å². The number of aliphatic carboxylic acids is 1. The van der Waals surface area contributed by atoms with Crippen molar-refractivity contribution in [1.29, 1.82) is 0 Å². The lowest BCUT2D eigenvalue weighted by atomic mass is 9.96. The van der Waals surface area contributed by atoms with Crippen LogP contribution in [0.5, 0.6) is 0 Å². The fourth-order valence-electron chi connectivity index (χ4n) is 4.73. The molecule has 0 amide bonds. The van der Waals surface area contributed by atoms with Crippen LogP contribution in [0, 0.1) is 0 Å². The lowest BCUT2D eigenvalue weighted by Gasteiger charge is -2.14. The summed E-state index contributed by atoms with van der Waals surface area (Å²) in [6, 6.07) is 37.3. The number of hydrogen-bond acceptors (Lipinski definition) is 2. The predicted octanol–water partition coefficient (Wildman–Crippen LogP) is 7.59.